The first kappa shape index (κ1) is 12.1. The Morgan fingerprint density at radius 2 is 2.53 bits per heavy atom. The highest BCUT2D eigenvalue weighted by atomic mass is 16.5. The standard InChI is InChI=1S/C11H16N2O4/c1-2-8-7-16-4-3-13(8)6-9-5-10(11(14)15)12-17-9/h5,8H,2-4,6-7H2,1H3,(H,14,15). The SMILES string of the molecule is CCC1COCCN1Cc1cc(C(=O)O)no1. The van der Waals surface area contributed by atoms with Crippen molar-refractivity contribution in [1.29, 1.82) is 0 Å². The van der Waals surface area contributed by atoms with Gasteiger partial charge in [0, 0.05) is 18.7 Å². The van der Waals surface area contributed by atoms with Gasteiger partial charge >= 0.3 is 5.97 Å². The van der Waals surface area contributed by atoms with Crippen molar-refractivity contribution in [2.45, 2.75) is 25.9 Å². The molecule has 1 N–H and O–H groups in total. The van der Waals surface area contributed by atoms with Gasteiger partial charge in [0.05, 0.1) is 19.8 Å². The van der Waals surface area contributed by atoms with Crippen LogP contribution in [-0.2, 0) is 11.3 Å². The zero-order valence-corrected chi connectivity index (χ0v) is 9.76. The third-order valence-corrected chi connectivity index (χ3v) is 2.96. The van der Waals surface area contributed by atoms with Gasteiger partial charge in [-0.05, 0) is 6.42 Å². The highest BCUT2D eigenvalue weighted by molar-refractivity contribution is 5.85. The molecule has 0 bridgehead atoms. The molecule has 1 unspecified atom stereocenters. The molecule has 0 radical (unpaired) electrons. The summed E-state index contributed by atoms with van der Waals surface area (Å²) in [6, 6.07) is 1.84. The van der Waals surface area contributed by atoms with E-state index in [0.29, 0.717) is 25.0 Å². The minimum atomic E-state index is -1.06. The summed E-state index contributed by atoms with van der Waals surface area (Å²) in [5.41, 5.74) is -0.0405. The van der Waals surface area contributed by atoms with Crippen LogP contribution < -0.4 is 0 Å². The van der Waals surface area contributed by atoms with Gasteiger partial charge in [-0.25, -0.2) is 4.79 Å². The lowest BCUT2D eigenvalue weighted by atomic mass is 10.1. The van der Waals surface area contributed by atoms with Crippen molar-refractivity contribution in [1.82, 2.24) is 10.1 Å². The van der Waals surface area contributed by atoms with E-state index in [0.717, 1.165) is 19.6 Å². The maximum atomic E-state index is 10.7. The lowest BCUT2D eigenvalue weighted by Crippen LogP contribution is -2.44. The van der Waals surface area contributed by atoms with Gasteiger partial charge in [0.2, 0.25) is 0 Å². The lowest BCUT2D eigenvalue weighted by molar-refractivity contribution is -0.0160. The molecule has 94 valence electrons. The van der Waals surface area contributed by atoms with E-state index in [9.17, 15) is 4.79 Å². The monoisotopic (exact) mass is 240 g/mol. The van der Waals surface area contributed by atoms with Crippen LogP contribution in [0.5, 0.6) is 0 Å². The molecule has 2 rings (SSSR count). The van der Waals surface area contributed by atoms with Crippen LogP contribution in [-0.4, -0.2) is 46.9 Å². The summed E-state index contributed by atoms with van der Waals surface area (Å²) < 4.78 is 10.4. The molecule has 0 aromatic carbocycles. The van der Waals surface area contributed by atoms with Crippen molar-refractivity contribution < 1.29 is 19.2 Å². The summed E-state index contributed by atoms with van der Waals surface area (Å²) in [6.07, 6.45) is 1.000. The molecule has 1 atom stereocenters. The molecule has 2 heterocycles. The van der Waals surface area contributed by atoms with Gasteiger partial charge in [0.1, 0.15) is 0 Å². The largest absolute Gasteiger partial charge is 0.476 e. The fourth-order valence-electron chi connectivity index (χ4n) is 1.96. The summed E-state index contributed by atoms with van der Waals surface area (Å²) in [4.78, 5) is 12.9. The molecule has 1 aliphatic heterocycles. The van der Waals surface area contributed by atoms with Crippen LogP contribution in [0.25, 0.3) is 0 Å². The molecule has 0 aliphatic carbocycles. The number of carbonyl (C=O) groups is 1. The minimum absolute atomic E-state index is 0.0405. The number of morpholine rings is 1. The zero-order valence-electron chi connectivity index (χ0n) is 9.76. The average Bonchev–Trinajstić information content (AvgIpc) is 2.78. The molecule has 1 aromatic rings. The van der Waals surface area contributed by atoms with Crippen LogP contribution in [0.15, 0.2) is 10.6 Å². The summed E-state index contributed by atoms with van der Waals surface area (Å²) in [5, 5.41) is 12.2. The van der Waals surface area contributed by atoms with Crippen molar-refractivity contribution in [3.05, 3.63) is 17.5 Å². The first-order chi connectivity index (χ1) is 8.20. The predicted molar refractivity (Wildman–Crippen MR) is 58.8 cm³/mol. The Hall–Kier alpha value is -1.40. The Labute approximate surface area is 99.1 Å². The van der Waals surface area contributed by atoms with Crippen molar-refractivity contribution in [2.24, 2.45) is 0 Å². The van der Waals surface area contributed by atoms with Crippen LogP contribution in [0, 0.1) is 0 Å². The predicted octanol–water partition coefficient (Wildman–Crippen LogP) is 0.984. The second-order valence-corrected chi connectivity index (χ2v) is 4.09. The number of ether oxygens (including phenoxy) is 1. The van der Waals surface area contributed by atoms with Gasteiger partial charge in [-0.15, -0.1) is 0 Å². The number of aromatic carboxylic acids is 1. The van der Waals surface area contributed by atoms with E-state index < -0.39 is 5.97 Å². The second kappa shape index (κ2) is 5.29. The Morgan fingerprint density at radius 3 is 3.18 bits per heavy atom. The lowest BCUT2D eigenvalue weighted by Gasteiger charge is -2.34. The molecule has 0 saturated carbocycles. The van der Waals surface area contributed by atoms with E-state index >= 15 is 0 Å². The summed E-state index contributed by atoms with van der Waals surface area (Å²) in [5.74, 6) is -0.475. The van der Waals surface area contributed by atoms with Gasteiger partial charge in [0.15, 0.2) is 11.5 Å². The summed E-state index contributed by atoms with van der Waals surface area (Å²) in [6.45, 7) is 4.95. The molecule has 0 amide bonds. The highest BCUT2D eigenvalue weighted by Gasteiger charge is 2.23. The third kappa shape index (κ3) is 2.83. The molecule has 1 fully saturated rings. The number of nitrogens with zero attached hydrogens (tertiary/aromatic N) is 2. The fourth-order valence-corrected chi connectivity index (χ4v) is 1.96. The molecule has 6 heteroatoms. The van der Waals surface area contributed by atoms with Crippen LogP contribution in [0.4, 0.5) is 0 Å². The zero-order chi connectivity index (χ0) is 12.3. The number of rotatable bonds is 4. The Bertz CT molecular complexity index is 391. The van der Waals surface area contributed by atoms with Gasteiger partial charge in [-0.3, -0.25) is 4.90 Å². The van der Waals surface area contributed by atoms with E-state index in [1.54, 1.807) is 0 Å². The molecule has 1 aromatic heterocycles. The van der Waals surface area contributed by atoms with Crippen LogP contribution >= 0.6 is 0 Å². The number of carboxylic acid groups (broad SMARTS) is 1. The quantitative estimate of drug-likeness (QED) is 0.845. The molecule has 6 nitrogen and oxygen atoms in total. The van der Waals surface area contributed by atoms with E-state index in [2.05, 4.69) is 17.0 Å². The summed E-state index contributed by atoms with van der Waals surface area (Å²) >= 11 is 0. The molecule has 17 heavy (non-hydrogen) atoms. The maximum Gasteiger partial charge on any atom is 0.358 e. The average molecular weight is 240 g/mol. The van der Waals surface area contributed by atoms with E-state index in [1.165, 1.54) is 6.07 Å². The van der Waals surface area contributed by atoms with E-state index in [4.69, 9.17) is 14.4 Å². The number of aromatic nitrogens is 1. The van der Waals surface area contributed by atoms with Crippen molar-refractivity contribution in [2.75, 3.05) is 19.8 Å². The number of hydrogen-bond donors (Lipinski definition) is 1. The van der Waals surface area contributed by atoms with Crippen molar-refractivity contribution in [3.63, 3.8) is 0 Å². The third-order valence-electron chi connectivity index (χ3n) is 2.96. The van der Waals surface area contributed by atoms with Gasteiger partial charge in [0.25, 0.3) is 0 Å². The van der Waals surface area contributed by atoms with Gasteiger partial charge in [-0.2, -0.15) is 0 Å². The van der Waals surface area contributed by atoms with Crippen molar-refractivity contribution >= 4 is 5.97 Å². The smallest absolute Gasteiger partial charge is 0.358 e. The molecular weight excluding hydrogens is 224 g/mol. The molecule has 0 spiro atoms. The Morgan fingerprint density at radius 1 is 1.71 bits per heavy atom. The first-order valence-corrected chi connectivity index (χ1v) is 5.71. The summed E-state index contributed by atoms with van der Waals surface area (Å²) in [7, 11) is 0. The minimum Gasteiger partial charge on any atom is -0.476 e. The Kier molecular flexibility index (Phi) is 3.75. The highest BCUT2D eigenvalue weighted by Crippen LogP contribution is 2.15. The van der Waals surface area contributed by atoms with Crippen LogP contribution in [0.3, 0.4) is 0 Å². The van der Waals surface area contributed by atoms with Crippen molar-refractivity contribution in [3.8, 4) is 0 Å². The molecule has 1 aliphatic rings. The van der Waals surface area contributed by atoms with E-state index in [1.807, 2.05) is 0 Å². The molecular formula is C11H16N2O4. The maximum absolute atomic E-state index is 10.7. The van der Waals surface area contributed by atoms with Crippen LogP contribution in [0.1, 0.15) is 29.6 Å². The topological polar surface area (TPSA) is 75.8 Å². The molecule has 1 saturated heterocycles. The van der Waals surface area contributed by atoms with Crippen LogP contribution in [0.2, 0.25) is 0 Å². The second-order valence-electron chi connectivity index (χ2n) is 4.09. The first-order valence-electron chi connectivity index (χ1n) is 5.71. The Balaban J connectivity index is 2.00. The number of carboxylic acids is 1. The van der Waals surface area contributed by atoms with Gasteiger partial charge < -0.3 is 14.4 Å². The fraction of sp³-hybridized carbons (Fsp3) is 0.636. The van der Waals surface area contributed by atoms with E-state index in [-0.39, 0.29) is 5.69 Å². The van der Waals surface area contributed by atoms with Gasteiger partial charge in [-0.1, -0.05) is 12.1 Å². The number of hydrogen-bond acceptors (Lipinski definition) is 5. The normalized spacial score (nSPS) is 21.6.